The molecular formula is C10H11N3O3S2. The molecule has 2 aromatic rings. The van der Waals surface area contributed by atoms with Gasteiger partial charge in [-0.05, 0) is 23.1 Å². The van der Waals surface area contributed by atoms with Gasteiger partial charge in [-0.2, -0.15) is 0 Å². The first-order valence-electron chi connectivity index (χ1n) is 5.04. The van der Waals surface area contributed by atoms with E-state index >= 15 is 0 Å². The summed E-state index contributed by atoms with van der Waals surface area (Å²) in [6.07, 6.45) is 2.91. The van der Waals surface area contributed by atoms with Crippen molar-refractivity contribution >= 4 is 21.4 Å². The number of aromatic nitrogens is 2. The highest BCUT2D eigenvalue weighted by Crippen LogP contribution is 2.20. The first-order chi connectivity index (χ1) is 8.62. The molecule has 0 aliphatic heterocycles. The highest BCUT2D eigenvalue weighted by molar-refractivity contribution is 7.91. The zero-order valence-corrected chi connectivity index (χ0v) is 10.9. The second kappa shape index (κ2) is 5.53. The number of sulfonamides is 1. The van der Waals surface area contributed by atoms with Crippen molar-refractivity contribution in [2.45, 2.75) is 17.4 Å². The normalized spacial score (nSPS) is 11.6. The van der Waals surface area contributed by atoms with Crippen LogP contribution in [0.3, 0.4) is 0 Å². The second-order valence-corrected chi connectivity index (χ2v) is 6.36. The van der Waals surface area contributed by atoms with Gasteiger partial charge in [-0.15, -0.1) is 11.3 Å². The van der Waals surface area contributed by atoms with E-state index in [1.54, 1.807) is 17.6 Å². The Bertz CT molecular complexity index is 610. The molecule has 0 aliphatic rings. The number of nitrogens with one attached hydrogen (secondary N) is 1. The van der Waals surface area contributed by atoms with Gasteiger partial charge >= 0.3 is 0 Å². The van der Waals surface area contributed by atoms with E-state index in [2.05, 4.69) is 14.7 Å². The summed E-state index contributed by atoms with van der Waals surface area (Å²) in [7, 11) is -3.55. The van der Waals surface area contributed by atoms with Gasteiger partial charge in [-0.25, -0.2) is 23.1 Å². The Morgan fingerprint density at radius 2 is 2.28 bits per heavy atom. The molecule has 2 aromatic heterocycles. The quantitative estimate of drug-likeness (QED) is 0.835. The van der Waals surface area contributed by atoms with Gasteiger partial charge in [-0.1, -0.05) is 0 Å². The van der Waals surface area contributed by atoms with E-state index < -0.39 is 10.0 Å². The molecule has 0 saturated carbocycles. The molecule has 0 unspecified atom stereocenters. The van der Waals surface area contributed by atoms with Gasteiger partial charge in [-0.3, -0.25) is 0 Å². The van der Waals surface area contributed by atoms with Crippen LogP contribution in [0.2, 0.25) is 0 Å². The van der Waals surface area contributed by atoms with Crippen LogP contribution in [-0.2, 0) is 23.2 Å². The maximum absolute atomic E-state index is 11.9. The highest BCUT2D eigenvalue weighted by Gasteiger charge is 2.16. The van der Waals surface area contributed by atoms with E-state index in [0.717, 1.165) is 11.3 Å². The standard InChI is InChI=1S/C10H11N3O3S2/c14-5-8-3-10(17-6-8)18(15,16)13-4-9-1-2-11-7-12-9/h1-3,6-7,13-14H,4-5H2. The van der Waals surface area contributed by atoms with Crippen molar-refractivity contribution in [3.8, 4) is 0 Å². The van der Waals surface area contributed by atoms with Crippen LogP contribution in [0.25, 0.3) is 0 Å². The van der Waals surface area contributed by atoms with Crippen LogP contribution < -0.4 is 4.72 Å². The molecule has 0 radical (unpaired) electrons. The van der Waals surface area contributed by atoms with E-state index in [1.807, 2.05) is 0 Å². The maximum atomic E-state index is 11.9. The van der Waals surface area contributed by atoms with Crippen molar-refractivity contribution < 1.29 is 13.5 Å². The van der Waals surface area contributed by atoms with Gasteiger partial charge in [0.05, 0.1) is 18.8 Å². The summed E-state index contributed by atoms with van der Waals surface area (Å²) in [6.45, 7) is -0.0604. The van der Waals surface area contributed by atoms with Crippen molar-refractivity contribution in [1.29, 1.82) is 0 Å². The van der Waals surface area contributed by atoms with Crippen LogP contribution in [0.5, 0.6) is 0 Å². The van der Waals surface area contributed by atoms with E-state index in [0.29, 0.717) is 11.3 Å². The van der Waals surface area contributed by atoms with E-state index in [4.69, 9.17) is 5.11 Å². The molecule has 0 aliphatic carbocycles. The van der Waals surface area contributed by atoms with Gasteiger partial charge in [0.1, 0.15) is 10.5 Å². The summed E-state index contributed by atoms with van der Waals surface area (Å²) >= 11 is 1.07. The van der Waals surface area contributed by atoms with Crippen molar-refractivity contribution in [2.24, 2.45) is 0 Å². The summed E-state index contributed by atoms with van der Waals surface area (Å²) in [5.74, 6) is 0. The molecule has 0 bridgehead atoms. The predicted molar refractivity (Wildman–Crippen MR) is 66.3 cm³/mol. The van der Waals surface area contributed by atoms with E-state index in [1.165, 1.54) is 12.4 Å². The van der Waals surface area contributed by atoms with Gasteiger partial charge < -0.3 is 5.11 Å². The average molecular weight is 285 g/mol. The van der Waals surface area contributed by atoms with Crippen LogP contribution in [-0.4, -0.2) is 23.5 Å². The molecular weight excluding hydrogens is 274 g/mol. The van der Waals surface area contributed by atoms with Gasteiger partial charge in [0.15, 0.2) is 0 Å². The second-order valence-electron chi connectivity index (χ2n) is 3.46. The fourth-order valence-corrected chi connectivity index (χ4v) is 3.48. The number of thiophene rings is 1. The van der Waals surface area contributed by atoms with E-state index in [-0.39, 0.29) is 17.4 Å². The lowest BCUT2D eigenvalue weighted by Crippen LogP contribution is -2.22. The SMILES string of the molecule is O=S(=O)(NCc1ccncn1)c1cc(CO)cs1. The molecule has 2 rings (SSSR count). The lowest BCUT2D eigenvalue weighted by Gasteiger charge is -2.03. The number of hydrogen-bond donors (Lipinski definition) is 2. The Morgan fingerprint density at radius 1 is 1.44 bits per heavy atom. The first-order valence-corrected chi connectivity index (χ1v) is 7.41. The van der Waals surface area contributed by atoms with Crippen molar-refractivity contribution in [2.75, 3.05) is 0 Å². The fourth-order valence-electron chi connectivity index (χ4n) is 1.24. The molecule has 0 fully saturated rings. The molecule has 18 heavy (non-hydrogen) atoms. The fraction of sp³-hybridized carbons (Fsp3) is 0.200. The van der Waals surface area contributed by atoms with Crippen molar-refractivity contribution in [3.63, 3.8) is 0 Å². The maximum Gasteiger partial charge on any atom is 0.250 e. The van der Waals surface area contributed by atoms with Crippen molar-refractivity contribution in [1.82, 2.24) is 14.7 Å². The zero-order chi connectivity index (χ0) is 13.0. The van der Waals surface area contributed by atoms with Crippen molar-refractivity contribution in [3.05, 3.63) is 41.3 Å². The molecule has 0 spiro atoms. The number of rotatable bonds is 5. The first kappa shape index (κ1) is 13.1. The topological polar surface area (TPSA) is 92.2 Å². The molecule has 0 aromatic carbocycles. The van der Waals surface area contributed by atoms with E-state index in [9.17, 15) is 8.42 Å². The van der Waals surface area contributed by atoms with Gasteiger partial charge in [0, 0.05) is 6.20 Å². The number of nitrogens with zero attached hydrogens (tertiary/aromatic N) is 2. The lowest BCUT2D eigenvalue weighted by atomic mass is 10.4. The third-order valence-corrected chi connectivity index (χ3v) is 5.05. The molecule has 0 amide bonds. The summed E-state index contributed by atoms with van der Waals surface area (Å²) < 4.78 is 26.4. The molecule has 2 N–H and O–H groups in total. The summed E-state index contributed by atoms with van der Waals surface area (Å²) in [4.78, 5) is 7.67. The summed E-state index contributed by atoms with van der Waals surface area (Å²) in [5.41, 5.74) is 1.18. The largest absolute Gasteiger partial charge is 0.392 e. The van der Waals surface area contributed by atoms with Crippen LogP contribution >= 0.6 is 11.3 Å². The average Bonchev–Trinajstić information content (AvgIpc) is 2.87. The Balaban J connectivity index is 2.08. The van der Waals surface area contributed by atoms with Gasteiger partial charge in [0.25, 0.3) is 0 Å². The molecule has 6 nitrogen and oxygen atoms in total. The molecule has 96 valence electrons. The summed E-state index contributed by atoms with van der Waals surface area (Å²) in [6, 6.07) is 3.09. The Morgan fingerprint density at radius 3 is 2.89 bits per heavy atom. The highest BCUT2D eigenvalue weighted by atomic mass is 32.2. The minimum atomic E-state index is -3.55. The molecule has 2 heterocycles. The Hall–Kier alpha value is -1.35. The third-order valence-electron chi connectivity index (χ3n) is 2.16. The number of aliphatic hydroxyl groups is 1. The monoisotopic (exact) mass is 285 g/mol. The smallest absolute Gasteiger partial charge is 0.250 e. The minimum Gasteiger partial charge on any atom is -0.392 e. The van der Waals surface area contributed by atoms with Crippen LogP contribution in [0.1, 0.15) is 11.3 Å². The Kier molecular flexibility index (Phi) is 4.02. The molecule has 8 heteroatoms. The predicted octanol–water partition coefficient (Wildman–Crippen LogP) is 0.509. The van der Waals surface area contributed by atoms with Crippen LogP contribution in [0.4, 0.5) is 0 Å². The molecule has 0 saturated heterocycles. The van der Waals surface area contributed by atoms with Crippen LogP contribution in [0, 0.1) is 0 Å². The summed E-state index contributed by atoms with van der Waals surface area (Å²) in [5, 5.41) is 10.5. The molecule has 0 atom stereocenters. The number of hydrogen-bond acceptors (Lipinski definition) is 6. The van der Waals surface area contributed by atoms with Gasteiger partial charge in [0.2, 0.25) is 10.0 Å². The minimum absolute atomic E-state index is 0.108. The Labute approximate surface area is 108 Å². The zero-order valence-electron chi connectivity index (χ0n) is 9.28. The number of aliphatic hydroxyl groups excluding tert-OH is 1. The third kappa shape index (κ3) is 3.10. The lowest BCUT2D eigenvalue weighted by molar-refractivity contribution is 0.282. The van der Waals surface area contributed by atoms with Crippen LogP contribution in [0.15, 0.2) is 34.2 Å².